The highest BCUT2D eigenvalue weighted by molar-refractivity contribution is 5.91. The van der Waals surface area contributed by atoms with Crippen LogP contribution in [0, 0.1) is 0 Å². The summed E-state index contributed by atoms with van der Waals surface area (Å²) < 4.78 is 17.1. The summed E-state index contributed by atoms with van der Waals surface area (Å²) in [5.74, 6) is -0.918. The third-order valence-corrected chi connectivity index (χ3v) is 4.10. The Morgan fingerprint density at radius 3 is 2.47 bits per heavy atom. The first-order valence-electron chi connectivity index (χ1n) is 9.58. The zero-order valence-corrected chi connectivity index (χ0v) is 17.1. The van der Waals surface area contributed by atoms with Crippen LogP contribution in [0.1, 0.15) is 37.6 Å². The predicted octanol–water partition coefficient (Wildman–Crippen LogP) is 4.19. The molecule has 0 aliphatic carbocycles. The Morgan fingerprint density at radius 2 is 1.77 bits per heavy atom. The molecule has 0 saturated carbocycles. The topological polar surface area (TPSA) is 99.8 Å². The van der Waals surface area contributed by atoms with Crippen molar-refractivity contribution in [1.29, 1.82) is 0 Å². The molecule has 3 rings (SSSR count). The van der Waals surface area contributed by atoms with Crippen molar-refractivity contribution in [3.8, 4) is 0 Å². The SMILES string of the molecule is CC(C)(C)OC(=O)Nc1ccc(C(=O)OCCCn2c(=O)oc3ccccc32)cc1. The minimum Gasteiger partial charge on any atom is -0.462 e. The summed E-state index contributed by atoms with van der Waals surface area (Å²) in [6.07, 6.45) is -0.104. The van der Waals surface area contributed by atoms with Crippen LogP contribution in [0.2, 0.25) is 0 Å². The maximum absolute atomic E-state index is 12.2. The lowest BCUT2D eigenvalue weighted by Gasteiger charge is -2.19. The van der Waals surface area contributed by atoms with Crippen LogP contribution >= 0.6 is 0 Å². The summed E-state index contributed by atoms with van der Waals surface area (Å²) in [4.78, 5) is 35.9. The lowest BCUT2D eigenvalue weighted by Crippen LogP contribution is -2.27. The van der Waals surface area contributed by atoms with E-state index in [9.17, 15) is 14.4 Å². The zero-order chi connectivity index (χ0) is 21.7. The molecule has 0 bridgehead atoms. The van der Waals surface area contributed by atoms with Gasteiger partial charge in [-0.2, -0.15) is 0 Å². The van der Waals surface area contributed by atoms with Crippen LogP contribution in [0.5, 0.6) is 0 Å². The normalized spacial score (nSPS) is 11.3. The summed E-state index contributed by atoms with van der Waals surface area (Å²) >= 11 is 0. The number of carbonyl (C=O) groups is 2. The van der Waals surface area contributed by atoms with Gasteiger partial charge in [0, 0.05) is 12.2 Å². The van der Waals surface area contributed by atoms with Crippen LogP contribution in [0.25, 0.3) is 11.1 Å². The number of para-hydroxylation sites is 2. The summed E-state index contributed by atoms with van der Waals surface area (Å²) in [7, 11) is 0. The number of amides is 1. The van der Waals surface area contributed by atoms with Crippen LogP contribution in [0.4, 0.5) is 10.5 Å². The van der Waals surface area contributed by atoms with Gasteiger partial charge in [0.15, 0.2) is 5.58 Å². The molecule has 8 heteroatoms. The third-order valence-electron chi connectivity index (χ3n) is 4.10. The average Bonchev–Trinajstić information content (AvgIpc) is 2.99. The molecule has 8 nitrogen and oxygen atoms in total. The number of anilines is 1. The maximum atomic E-state index is 12.2. The van der Waals surface area contributed by atoms with Crippen molar-refractivity contribution in [2.75, 3.05) is 11.9 Å². The number of fused-ring (bicyclic) bond motifs is 1. The highest BCUT2D eigenvalue weighted by Gasteiger charge is 2.16. The lowest BCUT2D eigenvalue weighted by atomic mass is 10.2. The van der Waals surface area contributed by atoms with Crippen LogP contribution in [-0.4, -0.2) is 28.8 Å². The van der Waals surface area contributed by atoms with Crippen LogP contribution in [0.3, 0.4) is 0 Å². The molecule has 0 fully saturated rings. The lowest BCUT2D eigenvalue weighted by molar-refractivity contribution is 0.0495. The van der Waals surface area contributed by atoms with Gasteiger partial charge < -0.3 is 13.9 Å². The van der Waals surface area contributed by atoms with Crippen molar-refractivity contribution in [3.05, 3.63) is 64.6 Å². The van der Waals surface area contributed by atoms with E-state index in [0.29, 0.717) is 35.3 Å². The van der Waals surface area contributed by atoms with E-state index in [1.807, 2.05) is 6.07 Å². The zero-order valence-electron chi connectivity index (χ0n) is 17.1. The quantitative estimate of drug-likeness (QED) is 0.481. The first kappa shape index (κ1) is 21.2. The van der Waals surface area contributed by atoms with E-state index in [1.165, 1.54) is 4.57 Å². The molecule has 1 N–H and O–H groups in total. The van der Waals surface area contributed by atoms with Crippen molar-refractivity contribution in [2.24, 2.45) is 0 Å². The Bertz CT molecular complexity index is 1090. The minimum absolute atomic E-state index is 0.155. The molecule has 158 valence electrons. The Kier molecular flexibility index (Phi) is 6.25. The van der Waals surface area contributed by atoms with Gasteiger partial charge >= 0.3 is 17.8 Å². The predicted molar refractivity (Wildman–Crippen MR) is 112 cm³/mol. The molecule has 0 aliphatic rings. The molecule has 1 heterocycles. The summed E-state index contributed by atoms with van der Waals surface area (Å²) in [6, 6.07) is 13.5. The Balaban J connectivity index is 1.48. The van der Waals surface area contributed by atoms with Gasteiger partial charge in [0.05, 0.1) is 17.7 Å². The van der Waals surface area contributed by atoms with Crippen molar-refractivity contribution >= 4 is 28.8 Å². The van der Waals surface area contributed by atoms with E-state index in [2.05, 4.69) is 5.32 Å². The number of nitrogens with one attached hydrogen (secondary N) is 1. The fourth-order valence-corrected chi connectivity index (χ4v) is 2.81. The fourth-order valence-electron chi connectivity index (χ4n) is 2.81. The van der Waals surface area contributed by atoms with Gasteiger partial charge in [-0.05, 0) is 63.6 Å². The molecular formula is C22H24N2O6. The number of hydrogen-bond acceptors (Lipinski definition) is 6. The average molecular weight is 412 g/mol. The molecule has 0 radical (unpaired) electrons. The van der Waals surface area contributed by atoms with Gasteiger partial charge in [0.1, 0.15) is 5.60 Å². The van der Waals surface area contributed by atoms with Gasteiger partial charge in [-0.15, -0.1) is 0 Å². The Morgan fingerprint density at radius 1 is 1.07 bits per heavy atom. The molecule has 0 saturated heterocycles. The standard InChI is InChI=1S/C22H24N2O6/c1-22(2,3)30-20(26)23-16-11-9-15(10-12-16)19(25)28-14-6-13-24-17-7-4-5-8-18(17)29-21(24)27/h4-5,7-12H,6,13-14H2,1-3H3,(H,23,26). The van der Waals surface area contributed by atoms with Gasteiger partial charge in [0.25, 0.3) is 0 Å². The van der Waals surface area contributed by atoms with E-state index in [4.69, 9.17) is 13.9 Å². The van der Waals surface area contributed by atoms with Crippen molar-refractivity contribution < 1.29 is 23.5 Å². The number of esters is 1. The monoisotopic (exact) mass is 412 g/mol. The van der Waals surface area contributed by atoms with E-state index in [1.54, 1.807) is 63.2 Å². The summed E-state index contributed by atoms with van der Waals surface area (Å²) in [6.45, 7) is 5.86. The molecule has 1 amide bonds. The molecule has 2 aromatic carbocycles. The van der Waals surface area contributed by atoms with Crippen LogP contribution in [0.15, 0.2) is 57.7 Å². The summed E-state index contributed by atoms with van der Waals surface area (Å²) in [5.41, 5.74) is 1.51. The Labute approximate surface area is 173 Å². The molecule has 3 aromatic rings. The van der Waals surface area contributed by atoms with Crippen molar-refractivity contribution in [2.45, 2.75) is 39.3 Å². The number of carbonyl (C=O) groups excluding carboxylic acids is 2. The van der Waals surface area contributed by atoms with E-state index in [0.717, 1.165) is 0 Å². The van der Waals surface area contributed by atoms with Gasteiger partial charge in [-0.3, -0.25) is 9.88 Å². The Hall–Kier alpha value is -3.55. The first-order valence-corrected chi connectivity index (χ1v) is 9.58. The molecule has 0 aliphatic heterocycles. The molecule has 30 heavy (non-hydrogen) atoms. The second-order valence-electron chi connectivity index (χ2n) is 7.68. The largest absolute Gasteiger partial charge is 0.462 e. The van der Waals surface area contributed by atoms with E-state index in [-0.39, 0.29) is 6.61 Å². The minimum atomic E-state index is -0.596. The number of aryl methyl sites for hydroxylation is 1. The number of ether oxygens (including phenoxy) is 2. The second-order valence-corrected chi connectivity index (χ2v) is 7.68. The maximum Gasteiger partial charge on any atom is 0.419 e. The molecule has 0 atom stereocenters. The number of rotatable bonds is 6. The van der Waals surface area contributed by atoms with Crippen LogP contribution in [-0.2, 0) is 16.0 Å². The molecule has 0 unspecified atom stereocenters. The molecular weight excluding hydrogens is 388 g/mol. The highest BCUT2D eigenvalue weighted by atomic mass is 16.6. The number of aromatic nitrogens is 1. The number of hydrogen-bond donors (Lipinski definition) is 1. The first-order chi connectivity index (χ1) is 14.2. The van der Waals surface area contributed by atoms with E-state index >= 15 is 0 Å². The number of oxazole rings is 1. The molecule has 1 aromatic heterocycles. The fraction of sp³-hybridized carbons (Fsp3) is 0.318. The smallest absolute Gasteiger partial charge is 0.419 e. The highest BCUT2D eigenvalue weighted by Crippen LogP contribution is 2.14. The summed E-state index contributed by atoms with van der Waals surface area (Å²) in [5, 5.41) is 2.60. The van der Waals surface area contributed by atoms with Crippen molar-refractivity contribution in [3.63, 3.8) is 0 Å². The van der Waals surface area contributed by atoms with Gasteiger partial charge in [0.2, 0.25) is 0 Å². The van der Waals surface area contributed by atoms with E-state index < -0.39 is 23.4 Å². The molecule has 0 spiro atoms. The number of nitrogens with zero attached hydrogens (tertiary/aromatic N) is 1. The third kappa shape index (κ3) is 5.50. The number of benzene rings is 2. The van der Waals surface area contributed by atoms with Crippen molar-refractivity contribution in [1.82, 2.24) is 4.57 Å². The second kappa shape index (κ2) is 8.86. The van der Waals surface area contributed by atoms with Gasteiger partial charge in [-0.1, -0.05) is 12.1 Å². The van der Waals surface area contributed by atoms with Crippen LogP contribution < -0.4 is 11.1 Å². The van der Waals surface area contributed by atoms with Gasteiger partial charge in [-0.25, -0.2) is 14.4 Å².